The van der Waals surface area contributed by atoms with Crippen LogP contribution < -0.4 is 0 Å². The summed E-state index contributed by atoms with van der Waals surface area (Å²) in [6, 6.07) is 0.178. The molecule has 1 amide bonds. The molecule has 1 fully saturated rings. The van der Waals surface area contributed by atoms with Gasteiger partial charge in [0.25, 0.3) is 0 Å². The van der Waals surface area contributed by atoms with Gasteiger partial charge in [0.15, 0.2) is 8.32 Å². The van der Waals surface area contributed by atoms with Gasteiger partial charge >= 0.3 is 0 Å². The largest absolute Gasteiger partial charge is 0.415 e. The van der Waals surface area contributed by atoms with Crippen molar-refractivity contribution in [3.63, 3.8) is 0 Å². The fourth-order valence-corrected chi connectivity index (χ4v) is 3.19. The van der Waals surface area contributed by atoms with Crippen LogP contribution in [0.25, 0.3) is 10.4 Å². The van der Waals surface area contributed by atoms with Gasteiger partial charge in [-0.05, 0) is 36.5 Å². The fraction of sp³-hybridized carbons (Fsp3) is 0.929. The second-order valence-corrected chi connectivity index (χ2v) is 12.0. The van der Waals surface area contributed by atoms with Crippen LogP contribution in [-0.2, 0) is 9.22 Å². The zero-order valence-corrected chi connectivity index (χ0v) is 14.9. The van der Waals surface area contributed by atoms with E-state index in [0.29, 0.717) is 32.5 Å². The molecular formula is C14H28N4O2Si. The number of likely N-dealkylation sites (tertiary alicyclic amines) is 1. The first-order valence-electron chi connectivity index (χ1n) is 7.63. The molecule has 0 spiro atoms. The van der Waals surface area contributed by atoms with Crippen LogP contribution >= 0.6 is 0 Å². The summed E-state index contributed by atoms with van der Waals surface area (Å²) in [5.74, 6) is 0.194. The summed E-state index contributed by atoms with van der Waals surface area (Å²) in [5, 5.41) is 3.70. The summed E-state index contributed by atoms with van der Waals surface area (Å²) in [5.41, 5.74) is 8.27. The van der Waals surface area contributed by atoms with Crippen LogP contribution in [0.4, 0.5) is 0 Å². The van der Waals surface area contributed by atoms with E-state index in [1.807, 2.05) is 4.90 Å². The van der Waals surface area contributed by atoms with Gasteiger partial charge in [0, 0.05) is 24.4 Å². The second kappa shape index (κ2) is 7.29. The van der Waals surface area contributed by atoms with Gasteiger partial charge in [0.05, 0.1) is 12.6 Å². The average Bonchev–Trinajstić information content (AvgIpc) is 2.72. The van der Waals surface area contributed by atoms with E-state index >= 15 is 0 Å². The van der Waals surface area contributed by atoms with Crippen molar-refractivity contribution in [2.24, 2.45) is 5.11 Å². The highest BCUT2D eigenvalue weighted by Crippen LogP contribution is 2.37. The SMILES string of the molecule is CC(C)(C)[Si](C)(C)OC[C@@H]1CCC(=O)N1CCCN=[N+]=[N-]. The van der Waals surface area contributed by atoms with Gasteiger partial charge in [-0.25, -0.2) is 0 Å². The third-order valence-electron chi connectivity index (χ3n) is 4.62. The summed E-state index contributed by atoms with van der Waals surface area (Å²) < 4.78 is 6.25. The molecule has 7 heteroatoms. The van der Waals surface area contributed by atoms with Gasteiger partial charge < -0.3 is 9.33 Å². The highest BCUT2D eigenvalue weighted by molar-refractivity contribution is 6.74. The molecule has 1 aliphatic heterocycles. The summed E-state index contributed by atoms with van der Waals surface area (Å²) in [6.45, 7) is 12.8. The number of carbonyl (C=O) groups is 1. The normalized spacial score (nSPS) is 19.8. The van der Waals surface area contributed by atoms with E-state index in [1.54, 1.807) is 0 Å². The van der Waals surface area contributed by atoms with E-state index in [2.05, 4.69) is 43.9 Å². The minimum atomic E-state index is -1.77. The molecule has 1 rings (SSSR count). The highest BCUT2D eigenvalue weighted by Gasteiger charge is 2.39. The van der Waals surface area contributed by atoms with Crippen molar-refractivity contribution < 1.29 is 9.22 Å². The molecule has 0 bridgehead atoms. The van der Waals surface area contributed by atoms with Crippen molar-refractivity contribution in [2.45, 2.75) is 64.2 Å². The molecular weight excluding hydrogens is 284 g/mol. The molecule has 0 saturated carbocycles. The third-order valence-corrected chi connectivity index (χ3v) is 9.12. The lowest BCUT2D eigenvalue weighted by Crippen LogP contribution is -2.45. The maximum atomic E-state index is 11.9. The Morgan fingerprint density at radius 1 is 1.48 bits per heavy atom. The van der Waals surface area contributed by atoms with E-state index < -0.39 is 8.32 Å². The van der Waals surface area contributed by atoms with Gasteiger partial charge in [0.1, 0.15) is 0 Å². The predicted octanol–water partition coefficient (Wildman–Crippen LogP) is 3.70. The van der Waals surface area contributed by atoms with Crippen molar-refractivity contribution in [3.05, 3.63) is 10.4 Å². The van der Waals surface area contributed by atoms with Gasteiger partial charge in [0.2, 0.25) is 5.91 Å². The third kappa shape index (κ3) is 5.02. The van der Waals surface area contributed by atoms with Crippen LogP contribution in [0.5, 0.6) is 0 Å². The smallest absolute Gasteiger partial charge is 0.222 e. The Hall–Kier alpha value is -1.04. The number of hydrogen-bond donors (Lipinski definition) is 0. The molecule has 0 aromatic heterocycles. The molecule has 0 aromatic carbocycles. The highest BCUT2D eigenvalue weighted by atomic mass is 28.4. The molecule has 1 atom stereocenters. The maximum Gasteiger partial charge on any atom is 0.222 e. The van der Waals surface area contributed by atoms with Crippen LogP contribution in [0.1, 0.15) is 40.0 Å². The Balaban J connectivity index is 2.53. The van der Waals surface area contributed by atoms with Gasteiger partial charge in [-0.3, -0.25) is 4.79 Å². The first kappa shape index (κ1) is 18.0. The maximum absolute atomic E-state index is 11.9. The molecule has 1 aliphatic rings. The van der Waals surface area contributed by atoms with E-state index in [0.717, 1.165) is 6.42 Å². The Kier molecular flexibility index (Phi) is 6.25. The zero-order chi connectivity index (χ0) is 16.1. The quantitative estimate of drug-likeness (QED) is 0.236. The molecule has 6 nitrogen and oxygen atoms in total. The Morgan fingerprint density at radius 3 is 2.71 bits per heavy atom. The van der Waals surface area contributed by atoms with Gasteiger partial charge in [-0.1, -0.05) is 25.9 Å². The Labute approximate surface area is 128 Å². The number of rotatable bonds is 7. The minimum Gasteiger partial charge on any atom is -0.415 e. The molecule has 21 heavy (non-hydrogen) atoms. The first-order chi connectivity index (χ1) is 9.69. The van der Waals surface area contributed by atoms with Crippen molar-refractivity contribution in [2.75, 3.05) is 19.7 Å². The summed E-state index contributed by atoms with van der Waals surface area (Å²) in [7, 11) is -1.77. The standard InChI is InChI=1S/C14H28N4O2Si/c1-14(2,3)21(4,5)20-11-12-7-8-13(19)18(12)10-6-9-16-17-15/h12H,6-11H2,1-5H3/t12-/m0/s1. The molecule has 0 aliphatic carbocycles. The number of nitrogens with zero attached hydrogens (tertiary/aromatic N) is 4. The van der Waals surface area contributed by atoms with Crippen molar-refractivity contribution in [3.8, 4) is 0 Å². The predicted molar refractivity (Wildman–Crippen MR) is 86.5 cm³/mol. The molecule has 0 radical (unpaired) electrons. The number of hydrogen-bond acceptors (Lipinski definition) is 3. The van der Waals surface area contributed by atoms with E-state index in [9.17, 15) is 4.79 Å². The van der Waals surface area contributed by atoms with Gasteiger partial charge in [-0.2, -0.15) is 0 Å². The minimum absolute atomic E-state index is 0.178. The Morgan fingerprint density at radius 2 is 2.14 bits per heavy atom. The van der Waals surface area contributed by atoms with Crippen molar-refractivity contribution in [1.82, 2.24) is 4.90 Å². The molecule has 1 saturated heterocycles. The summed E-state index contributed by atoms with van der Waals surface area (Å²) in [4.78, 5) is 16.6. The lowest BCUT2D eigenvalue weighted by atomic mass is 10.2. The number of carbonyl (C=O) groups excluding carboxylic acids is 1. The monoisotopic (exact) mass is 312 g/mol. The second-order valence-electron chi connectivity index (χ2n) is 7.16. The van der Waals surface area contributed by atoms with Crippen LogP contribution in [0.3, 0.4) is 0 Å². The molecule has 0 N–H and O–H groups in total. The average molecular weight is 312 g/mol. The zero-order valence-electron chi connectivity index (χ0n) is 13.9. The first-order valence-corrected chi connectivity index (χ1v) is 10.5. The lowest BCUT2D eigenvalue weighted by Gasteiger charge is -2.38. The topological polar surface area (TPSA) is 78.3 Å². The molecule has 120 valence electrons. The summed E-state index contributed by atoms with van der Waals surface area (Å²) in [6.07, 6.45) is 2.19. The van der Waals surface area contributed by atoms with Crippen LogP contribution in [-0.4, -0.2) is 44.9 Å². The van der Waals surface area contributed by atoms with E-state index in [1.165, 1.54) is 0 Å². The van der Waals surface area contributed by atoms with Crippen LogP contribution in [0, 0.1) is 0 Å². The lowest BCUT2D eigenvalue weighted by molar-refractivity contribution is -0.129. The number of azide groups is 1. The number of amides is 1. The van der Waals surface area contributed by atoms with Crippen LogP contribution in [0.15, 0.2) is 5.11 Å². The van der Waals surface area contributed by atoms with E-state index in [4.69, 9.17) is 9.96 Å². The molecule has 0 aromatic rings. The van der Waals surface area contributed by atoms with Crippen molar-refractivity contribution >= 4 is 14.2 Å². The van der Waals surface area contributed by atoms with E-state index in [-0.39, 0.29) is 17.0 Å². The van der Waals surface area contributed by atoms with Gasteiger partial charge in [-0.15, -0.1) is 0 Å². The molecule has 0 unspecified atom stereocenters. The fourth-order valence-electron chi connectivity index (χ4n) is 2.15. The summed E-state index contributed by atoms with van der Waals surface area (Å²) >= 11 is 0. The van der Waals surface area contributed by atoms with Crippen LogP contribution in [0.2, 0.25) is 18.1 Å². The molecule has 1 heterocycles. The Bertz CT molecular complexity index is 414. The van der Waals surface area contributed by atoms with Crippen molar-refractivity contribution in [1.29, 1.82) is 0 Å².